The van der Waals surface area contributed by atoms with Crippen LogP contribution in [0.1, 0.15) is 11.4 Å². The molecule has 0 atom stereocenters. The molecule has 19 heavy (non-hydrogen) atoms. The summed E-state index contributed by atoms with van der Waals surface area (Å²) in [4.78, 5) is 4.34. The summed E-state index contributed by atoms with van der Waals surface area (Å²) in [6.45, 7) is 1.00. The zero-order chi connectivity index (χ0) is 13.2. The smallest absolute Gasteiger partial charge is 0.110 e. The molecule has 1 N–H and O–H groups in total. The van der Waals surface area contributed by atoms with Gasteiger partial charge in [-0.3, -0.25) is 0 Å². The number of aliphatic hydroxyl groups is 1. The Hall–Kier alpha value is -2.07. The normalized spacial score (nSPS) is 11.3. The van der Waals surface area contributed by atoms with E-state index in [4.69, 9.17) is 5.11 Å². The highest BCUT2D eigenvalue weighted by molar-refractivity contribution is 5.80. The first-order valence-corrected chi connectivity index (χ1v) is 6.43. The molecule has 0 unspecified atom stereocenters. The van der Waals surface area contributed by atoms with E-state index in [0.717, 1.165) is 24.4 Å². The van der Waals surface area contributed by atoms with E-state index in [1.807, 2.05) is 31.6 Å². The highest BCUT2D eigenvalue weighted by Crippen LogP contribution is 2.18. The molecule has 0 aliphatic rings. The first-order valence-electron chi connectivity index (χ1n) is 6.43. The number of aromatic nitrogens is 3. The first kappa shape index (κ1) is 12.0. The van der Waals surface area contributed by atoms with Gasteiger partial charge in [0.25, 0.3) is 0 Å². The van der Waals surface area contributed by atoms with Crippen LogP contribution in [0.25, 0.3) is 10.9 Å². The lowest BCUT2D eigenvalue weighted by atomic mass is 10.2. The molecule has 0 radical (unpaired) electrons. The summed E-state index contributed by atoms with van der Waals surface area (Å²) < 4.78 is 4.28. The number of hydrogen-bond donors (Lipinski definition) is 1. The molecule has 0 saturated carbocycles. The van der Waals surface area contributed by atoms with E-state index in [1.54, 1.807) is 0 Å². The van der Waals surface area contributed by atoms with Crippen LogP contribution in [0.3, 0.4) is 0 Å². The molecule has 0 aliphatic heterocycles. The van der Waals surface area contributed by atoms with Gasteiger partial charge in [0.2, 0.25) is 0 Å². The van der Waals surface area contributed by atoms with E-state index in [-0.39, 0.29) is 6.61 Å². The molecule has 0 fully saturated rings. The van der Waals surface area contributed by atoms with Crippen molar-refractivity contribution in [2.75, 3.05) is 0 Å². The molecule has 4 nitrogen and oxygen atoms in total. The van der Waals surface area contributed by atoms with Gasteiger partial charge in [-0.05, 0) is 29.1 Å². The number of benzene rings is 1. The highest BCUT2D eigenvalue weighted by Gasteiger charge is 2.04. The monoisotopic (exact) mass is 255 g/mol. The Morgan fingerprint density at radius 1 is 1.21 bits per heavy atom. The van der Waals surface area contributed by atoms with Crippen molar-refractivity contribution >= 4 is 10.9 Å². The van der Waals surface area contributed by atoms with E-state index in [9.17, 15) is 0 Å². The van der Waals surface area contributed by atoms with Crippen LogP contribution in [0.5, 0.6) is 0 Å². The lowest BCUT2D eigenvalue weighted by Crippen LogP contribution is -2.04. The van der Waals surface area contributed by atoms with Gasteiger partial charge in [-0.25, -0.2) is 4.98 Å². The topological polar surface area (TPSA) is 43.0 Å². The standard InChI is InChI=1S/C15H17N3O/c1-17-9-6-16-15(17)5-8-18-7-4-13-10-12(11-19)2-3-14(13)18/h2-4,6-7,9-10,19H,5,8,11H2,1H3. The van der Waals surface area contributed by atoms with Gasteiger partial charge < -0.3 is 14.2 Å². The molecular weight excluding hydrogens is 238 g/mol. The van der Waals surface area contributed by atoms with E-state index >= 15 is 0 Å². The van der Waals surface area contributed by atoms with Gasteiger partial charge in [0.05, 0.1) is 6.61 Å². The number of rotatable bonds is 4. The van der Waals surface area contributed by atoms with Crippen LogP contribution in [0.4, 0.5) is 0 Å². The molecule has 0 amide bonds. The maximum atomic E-state index is 9.14. The van der Waals surface area contributed by atoms with Crippen LogP contribution in [0.2, 0.25) is 0 Å². The van der Waals surface area contributed by atoms with E-state index in [0.29, 0.717) is 0 Å². The van der Waals surface area contributed by atoms with Crippen molar-refractivity contribution in [1.29, 1.82) is 0 Å². The Kier molecular flexibility index (Phi) is 3.09. The summed E-state index contributed by atoms with van der Waals surface area (Å²) in [6.07, 6.45) is 6.80. The zero-order valence-corrected chi connectivity index (χ0v) is 11.0. The van der Waals surface area contributed by atoms with Gasteiger partial charge >= 0.3 is 0 Å². The second-order valence-corrected chi connectivity index (χ2v) is 4.76. The van der Waals surface area contributed by atoms with Gasteiger partial charge in [-0.2, -0.15) is 0 Å². The summed E-state index contributed by atoms with van der Waals surface area (Å²) in [5.41, 5.74) is 2.15. The van der Waals surface area contributed by atoms with E-state index in [2.05, 4.69) is 32.4 Å². The number of aliphatic hydroxyl groups excluding tert-OH is 1. The Bertz CT molecular complexity index is 696. The second-order valence-electron chi connectivity index (χ2n) is 4.76. The van der Waals surface area contributed by atoms with Crippen LogP contribution in [0, 0.1) is 0 Å². The van der Waals surface area contributed by atoms with Gasteiger partial charge in [-0.1, -0.05) is 6.07 Å². The minimum Gasteiger partial charge on any atom is -0.392 e. The molecule has 0 saturated heterocycles. The van der Waals surface area contributed by atoms with Crippen molar-refractivity contribution < 1.29 is 5.11 Å². The third kappa shape index (κ3) is 2.27. The maximum Gasteiger partial charge on any atom is 0.110 e. The average molecular weight is 255 g/mol. The lowest BCUT2D eigenvalue weighted by molar-refractivity contribution is 0.282. The number of fused-ring (bicyclic) bond motifs is 1. The van der Waals surface area contributed by atoms with Crippen molar-refractivity contribution in [2.45, 2.75) is 19.6 Å². The van der Waals surface area contributed by atoms with Gasteiger partial charge in [-0.15, -0.1) is 0 Å². The molecule has 2 aromatic heterocycles. The van der Waals surface area contributed by atoms with Gasteiger partial charge in [0, 0.05) is 44.1 Å². The third-order valence-corrected chi connectivity index (χ3v) is 3.52. The Morgan fingerprint density at radius 2 is 2.11 bits per heavy atom. The average Bonchev–Trinajstić information content (AvgIpc) is 3.02. The maximum absolute atomic E-state index is 9.14. The number of imidazole rings is 1. The minimum absolute atomic E-state index is 0.0917. The van der Waals surface area contributed by atoms with Crippen LogP contribution >= 0.6 is 0 Å². The molecule has 3 aromatic rings. The van der Waals surface area contributed by atoms with Crippen LogP contribution in [-0.4, -0.2) is 19.2 Å². The zero-order valence-electron chi connectivity index (χ0n) is 11.0. The Balaban J connectivity index is 1.83. The predicted octanol–water partition coefficient (Wildman–Crippen LogP) is 2.11. The number of aryl methyl sites for hydroxylation is 3. The largest absolute Gasteiger partial charge is 0.392 e. The molecular formula is C15H17N3O. The molecule has 0 bridgehead atoms. The lowest BCUT2D eigenvalue weighted by Gasteiger charge is -2.06. The van der Waals surface area contributed by atoms with Gasteiger partial charge in [0.1, 0.15) is 5.82 Å². The quantitative estimate of drug-likeness (QED) is 0.776. The summed E-state index contributed by atoms with van der Waals surface area (Å²) in [5.74, 6) is 1.09. The molecule has 98 valence electrons. The van der Waals surface area contributed by atoms with E-state index in [1.165, 1.54) is 10.9 Å². The van der Waals surface area contributed by atoms with Crippen molar-refractivity contribution in [2.24, 2.45) is 7.05 Å². The fourth-order valence-electron chi connectivity index (χ4n) is 2.40. The van der Waals surface area contributed by atoms with Crippen LogP contribution in [0.15, 0.2) is 42.9 Å². The van der Waals surface area contributed by atoms with Crippen LogP contribution < -0.4 is 0 Å². The number of hydrogen-bond acceptors (Lipinski definition) is 2. The summed E-state index contributed by atoms with van der Waals surface area (Å²) in [7, 11) is 2.02. The molecule has 0 spiro atoms. The van der Waals surface area contributed by atoms with Crippen molar-refractivity contribution in [3.05, 3.63) is 54.2 Å². The number of nitrogens with zero attached hydrogens (tertiary/aromatic N) is 3. The molecule has 2 heterocycles. The Labute approximate surface area is 111 Å². The molecule has 3 rings (SSSR count). The predicted molar refractivity (Wildman–Crippen MR) is 74.8 cm³/mol. The first-order chi connectivity index (χ1) is 9.28. The molecule has 1 aromatic carbocycles. The highest BCUT2D eigenvalue weighted by atomic mass is 16.3. The van der Waals surface area contributed by atoms with Crippen molar-refractivity contribution in [1.82, 2.24) is 14.1 Å². The summed E-state index contributed by atoms with van der Waals surface area (Å²) >= 11 is 0. The summed E-state index contributed by atoms with van der Waals surface area (Å²) in [5, 5.41) is 10.3. The Morgan fingerprint density at radius 3 is 2.84 bits per heavy atom. The molecule has 4 heteroatoms. The molecule has 0 aliphatic carbocycles. The second kappa shape index (κ2) is 4.90. The fourth-order valence-corrected chi connectivity index (χ4v) is 2.40. The summed E-state index contributed by atoms with van der Waals surface area (Å²) in [6, 6.07) is 8.17. The van der Waals surface area contributed by atoms with Gasteiger partial charge in [0.15, 0.2) is 0 Å². The fraction of sp³-hybridized carbons (Fsp3) is 0.267. The SMILES string of the molecule is Cn1ccnc1CCn1ccc2cc(CO)ccc21. The van der Waals surface area contributed by atoms with E-state index < -0.39 is 0 Å². The van der Waals surface area contributed by atoms with Crippen LogP contribution in [-0.2, 0) is 26.6 Å². The third-order valence-electron chi connectivity index (χ3n) is 3.52. The van der Waals surface area contributed by atoms with Crippen molar-refractivity contribution in [3.8, 4) is 0 Å². The minimum atomic E-state index is 0.0917. The van der Waals surface area contributed by atoms with Crippen molar-refractivity contribution in [3.63, 3.8) is 0 Å².